The predicted molar refractivity (Wildman–Crippen MR) is 65.6 cm³/mol. The van der Waals surface area contributed by atoms with Crippen molar-refractivity contribution in [2.24, 2.45) is 5.14 Å². The van der Waals surface area contributed by atoms with E-state index in [1.165, 1.54) is 19.1 Å². The van der Waals surface area contributed by atoms with Gasteiger partial charge in [0.05, 0.1) is 11.3 Å². The van der Waals surface area contributed by atoms with Crippen LogP contribution < -0.4 is 10.5 Å². The summed E-state index contributed by atoms with van der Waals surface area (Å²) in [6.07, 6.45) is -5.53. The highest BCUT2D eigenvalue weighted by Gasteiger charge is 2.26. The van der Waals surface area contributed by atoms with Crippen LogP contribution in [0, 0.1) is 6.92 Å². The molecule has 9 heteroatoms. The number of nitrogens with one attached hydrogen (secondary N) is 1. The molecule has 112 valence electrons. The van der Waals surface area contributed by atoms with E-state index >= 15 is 0 Å². The second-order valence-electron chi connectivity index (χ2n) is 4.14. The maximum atomic E-state index is 12.0. The van der Waals surface area contributed by atoms with Gasteiger partial charge in [-0.1, -0.05) is 6.07 Å². The Morgan fingerprint density at radius 1 is 1.35 bits per heavy atom. The zero-order valence-electron chi connectivity index (χ0n) is 10.5. The molecule has 1 aromatic carbocycles. The number of hydrogen-bond donors (Lipinski definition) is 2. The molecule has 0 heterocycles. The first-order valence-corrected chi connectivity index (χ1v) is 7.04. The van der Waals surface area contributed by atoms with Crippen molar-refractivity contribution in [2.75, 3.05) is 6.54 Å². The molecule has 0 unspecified atom stereocenters. The van der Waals surface area contributed by atoms with Gasteiger partial charge in [-0.05, 0) is 24.6 Å². The molecule has 0 radical (unpaired) electrons. The van der Waals surface area contributed by atoms with E-state index < -0.39 is 35.1 Å². The summed E-state index contributed by atoms with van der Waals surface area (Å²) in [7, 11) is -3.98. The molecule has 1 rings (SSSR count). The monoisotopic (exact) mass is 310 g/mol. The van der Waals surface area contributed by atoms with Crippen LogP contribution >= 0.6 is 0 Å². The molecule has 0 bridgehead atoms. The highest BCUT2D eigenvalue weighted by molar-refractivity contribution is 7.89. The molecule has 5 nitrogen and oxygen atoms in total. The zero-order chi connectivity index (χ0) is 15.6. The van der Waals surface area contributed by atoms with E-state index in [2.05, 4.69) is 5.32 Å². The standard InChI is InChI=1S/C11H13F3N2O3S/c1-7-2-3-8(20(15,18)19)6-9(7)10(17)16-5-4-11(12,13)14/h2-3,6H,4-5H2,1H3,(H,16,17)(H2,15,18,19). The summed E-state index contributed by atoms with van der Waals surface area (Å²) in [6, 6.07) is 3.61. The molecule has 0 saturated heterocycles. The quantitative estimate of drug-likeness (QED) is 0.879. The minimum Gasteiger partial charge on any atom is -0.352 e. The van der Waals surface area contributed by atoms with Crippen LogP contribution in [0.2, 0.25) is 0 Å². The van der Waals surface area contributed by atoms with Crippen LogP contribution in [0.15, 0.2) is 23.1 Å². The van der Waals surface area contributed by atoms with Gasteiger partial charge in [0.2, 0.25) is 10.0 Å². The van der Waals surface area contributed by atoms with Crippen molar-refractivity contribution in [1.82, 2.24) is 5.32 Å². The summed E-state index contributed by atoms with van der Waals surface area (Å²) in [6.45, 7) is 0.951. The van der Waals surface area contributed by atoms with E-state index in [0.717, 1.165) is 6.07 Å². The van der Waals surface area contributed by atoms with E-state index in [1.807, 2.05) is 0 Å². The van der Waals surface area contributed by atoms with Crippen molar-refractivity contribution in [3.63, 3.8) is 0 Å². The van der Waals surface area contributed by atoms with Gasteiger partial charge in [-0.15, -0.1) is 0 Å². The molecule has 20 heavy (non-hydrogen) atoms. The molecule has 1 aromatic rings. The van der Waals surface area contributed by atoms with Crippen LogP contribution in [-0.2, 0) is 10.0 Å². The van der Waals surface area contributed by atoms with Gasteiger partial charge in [0.25, 0.3) is 5.91 Å². The van der Waals surface area contributed by atoms with Crippen LogP contribution in [0.5, 0.6) is 0 Å². The van der Waals surface area contributed by atoms with Crippen molar-refractivity contribution in [1.29, 1.82) is 0 Å². The van der Waals surface area contributed by atoms with Gasteiger partial charge >= 0.3 is 6.18 Å². The largest absolute Gasteiger partial charge is 0.390 e. The maximum absolute atomic E-state index is 12.0. The first kappa shape index (κ1) is 16.4. The Bertz CT molecular complexity index is 612. The maximum Gasteiger partial charge on any atom is 0.390 e. The number of hydrogen-bond acceptors (Lipinski definition) is 3. The summed E-state index contributed by atoms with van der Waals surface area (Å²) in [5.41, 5.74) is 0.403. The topological polar surface area (TPSA) is 89.3 Å². The smallest absolute Gasteiger partial charge is 0.352 e. The van der Waals surface area contributed by atoms with E-state index in [4.69, 9.17) is 5.14 Å². The van der Waals surface area contributed by atoms with Crippen LogP contribution in [0.3, 0.4) is 0 Å². The van der Waals surface area contributed by atoms with E-state index in [0.29, 0.717) is 5.56 Å². The molecule has 3 N–H and O–H groups in total. The highest BCUT2D eigenvalue weighted by atomic mass is 32.2. The minimum absolute atomic E-state index is 0.0290. The zero-order valence-corrected chi connectivity index (χ0v) is 11.3. The fourth-order valence-electron chi connectivity index (χ4n) is 1.44. The van der Waals surface area contributed by atoms with Gasteiger partial charge in [0.1, 0.15) is 0 Å². The average Bonchev–Trinajstić information content (AvgIpc) is 2.25. The lowest BCUT2D eigenvalue weighted by molar-refractivity contribution is -0.132. The fourth-order valence-corrected chi connectivity index (χ4v) is 1.98. The molecule has 0 aliphatic carbocycles. The Hall–Kier alpha value is -1.61. The van der Waals surface area contributed by atoms with E-state index in [-0.39, 0.29) is 10.5 Å². The SMILES string of the molecule is Cc1ccc(S(N)(=O)=O)cc1C(=O)NCCC(F)(F)F. The van der Waals surface area contributed by atoms with Crippen molar-refractivity contribution in [3.8, 4) is 0 Å². The Morgan fingerprint density at radius 2 is 1.95 bits per heavy atom. The number of alkyl halides is 3. The number of halogens is 3. The van der Waals surface area contributed by atoms with E-state index in [1.54, 1.807) is 0 Å². The Balaban J connectivity index is 2.88. The number of aryl methyl sites for hydroxylation is 1. The van der Waals surface area contributed by atoms with Gasteiger partial charge in [-0.25, -0.2) is 13.6 Å². The number of amides is 1. The first-order valence-electron chi connectivity index (χ1n) is 5.49. The molecule has 0 saturated carbocycles. The van der Waals surface area contributed by atoms with E-state index in [9.17, 15) is 26.4 Å². The number of benzene rings is 1. The molecule has 1 amide bonds. The lowest BCUT2D eigenvalue weighted by Crippen LogP contribution is -2.28. The Morgan fingerprint density at radius 3 is 2.45 bits per heavy atom. The summed E-state index contributed by atoms with van der Waals surface area (Å²) in [5, 5.41) is 7.01. The summed E-state index contributed by atoms with van der Waals surface area (Å²) < 4.78 is 58.2. The lowest BCUT2D eigenvalue weighted by atomic mass is 10.1. The van der Waals surface area contributed by atoms with Gasteiger partial charge in [-0.2, -0.15) is 13.2 Å². The Kier molecular flexibility index (Phi) is 4.77. The number of carbonyl (C=O) groups excluding carboxylic acids is 1. The third kappa shape index (κ3) is 4.82. The van der Waals surface area contributed by atoms with Crippen molar-refractivity contribution >= 4 is 15.9 Å². The third-order valence-electron chi connectivity index (χ3n) is 2.48. The number of nitrogens with two attached hydrogens (primary N) is 1. The molecule has 0 aliphatic heterocycles. The second kappa shape index (κ2) is 5.80. The minimum atomic E-state index is -4.37. The Labute approximate surface area is 114 Å². The van der Waals surface area contributed by atoms with Crippen LogP contribution in [-0.4, -0.2) is 27.0 Å². The molecule has 0 aromatic heterocycles. The van der Waals surface area contributed by atoms with Crippen LogP contribution in [0.4, 0.5) is 13.2 Å². The van der Waals surface area contributed by atoms with Crippen molar-refractivity contribution in [2.45, 2.75) is 24.4 Å². The van der Waals surface area contributed by atoms with Gasteiger partial charge in [0.15, 0.2) is 0 Å². The summed E-state index contributed by atoms with van der Waals surface area (Å²) in [5.74, 6) is -0.780. The number of rotatable bonds is 4. The predicted octanol–water partition coefficient (Wildman–Crippen LogP) is 1.32. The van der Waals surface area contributed by atoms with Crippen molar-refractivity contribution in [3.05, 3.63) is 29.3 Å². The number of carbonyl (C=O) groups is 1. The van der Waals surface area contributed by atoms with Gasteiger partial charge < -0.3 is 5.32 Å². The molecule has 0 aliphatic rings. The van der Waals surface area contributed by atoms with Crippen LogP contribution in [0.25, 0.3) is 0 Å². The summed E-state index contributed by atoms with van der Waals surface area (Å²) >= 11 is 0. The van der Waals surface area contributed by atoms with Gasteiger partial charge in [-0.3, -0.25) is 4.79 Å². The van der Waals surface area contributed by atoms with Gasteiger partial charge in [0, 0.05) is 12.1 Å². The lowest BCUT2D eigenvalue weighted by Gasteiger charge is -2.10. The fraction of sp³-hybridized carbons (Fsp3) is 0.364. The average molecular weight is 310 g/mol. The number of primary sulfonamides is 1. The molecule has 0 fully saturated rings. The molecular formula is C11H13F3N2O3S. The molecule has 0 spiro atoms. The third-order valence-corrected chi connectivity index (χ3v) is 3.39. The van der Waals surface area contributed by atoms with Crippen LogP contribution in [0.1, 0.15) is 22.3 Å². The highest BCUT2D eigenvalue weighted by Crippen LogP contribution is 2.19. The number of sulfonamides is 1. The molecular weight excluding hydrogens is 297 g/mol. The summed E-state index contributed by atoms with van der Waals surface area (Å²) in [4.78, 5) is 11.4. The molecule has 0 atom stereocenters. The first-order chi connectivity index (χ1) is 9.00. The van der Waals surface area contributed by atoms with Crippen molar-refractivity contribution < 1.29 is 26.4 Å². The normalized spacial score (nSPS) is 12.2. The second-order valence-corrected chi connectivity index (χ2v) is 5.70.